The first-order chi connectivity index (χ1) is 15.6. The molecule has 0 radical (unpaired) electrons. The highest BCUT2D eigenvalue weighted by molar-refractivity contribution is 6.00. The maximum atomic E-state index is 11.8. The molecule has 0 unspecified atom stereocenters. The zero-order valence-corrected chi connectivity index (χ0v) is 17.9. The van der Waals surface area contributed by atoms with Gasteiger partial charge in [0.15, 0.2) is 5.82 Å². The van der Waals surface area contributed by atoms with Crippen LogP contribution in [0.3, 0.4) is 0 Å². The van der Waals surface area contributed by atoms with E-state index in [1.807, 2.05) is 47.3 Å². The van der Waals surface area contributed by atoms with Gasteiger partial charge in [0.05, 0.1) is 24.0 Å². The smallest absolute Gasteiger partial charge is 0.248 e. The van der Waals surface area contributed by atoms with Crippen molar-refractivity contribution in [2.75, 3.05) is 19.6 Å². The van der Waals surface area contributed by atoms with Crippen LogP contribution in [0.2, 0.25) is 0 Å². The Hall–Kier alpha value is -3.49. The molecular weight excluding hydrogens is 402 g/mol. The van der Waals surface area contributed by atoms with Gasteiger partial charge in [-0.3, -0.25) is 9.48 Å². The first-order valence-corrected chi connectivity index (χ1v) is 11.0. The van der Waals surface area contributed by atoms with E-state index in [-0.39, 0.29) is 0 Å². The molecule has 2 aromatic carbocycles. The molecule has 0 atom stereocenters. The second-order valence-electron chi connectivity index (χ2n) is 8.36. The Bertz CT molecular complexity index is 1240. The third-order valence-electron chi connectivity index (χ3n) is 6.18. The van der Waals surface area contributed by atoms with Gasteiger partial charge in [-0.2, -0.15) is 5.10 Å². The first-order valence-electron chi connectivity index (χ1n) is 11.0. The van der Waals surface area contributed by atoms with Crippen molar-refractivity contribution in [2.45, 2.75) is 25.4 Å². The second kappa shape index (κ2) is 8.57. The molecule has 1 amide bonds. The Kier molecular flexibility index (Phi) is 5.46. The predicted octanol–water partition coefficient (Wildman–Crippen LogP) is 2.62. The molecule has 0 saturated carbocycles. The lowest BCUT2D eigenvalue weighted by atomic mass is 10.1. The number of aromatic amines is 1. The lowest BCUT2D eigenvalue weighted by Gasteiger charge is -2.29. The van der Waals surface area contributed by atoms with E-state index in [9.17, 15) is 4.79 Å². The molecule has 5 N–H and O–H groups in total. The summed E-state index contributed by atoms with van der Waals surface area (Å²) in [5.74, 6) is 0.206. The van der Waals surface area contributed by atoms with E-state index in [2.05, 4.69) is 14.9 Å². The van der Waals surface area contributed by atoms with Gasteiger partial charge in [0, 0.05) is 23.5 Å². The molecule has 164 valence electrons. The van der Waals surface area contributed by atoms with Crippen LogP contribution in [0.1, 0.15) is 23.2 Å². The summed E-state index contributed by atoms with van der Waals surface area (Å²) in [7, 11) is 0. The molecule has 32 heavy (non-hydrogen) atoms. The van der Waals surface area contributed by atoms with Gasteiger partial charge in [0.25, 0.3) is 0 Å². The minimum absolute atomic E-state index is 0.313. The van der Waals surface area contributed by atoms with Gasteiger partial charge in [-0.25, -0.2) is 4.98 Å². The van der Waals surface area contributed by atoms with Gasteiger partial charge < -0.3 is 21.4 Å². The largest absolute Gasteiger partial charge is 0.366 e. The van der Waals surface area contributed by atoms with Crippen LogP contribution in [0.5, 0.6) is 0 Å². The number of H-pyrrole nitrogens is 1. The average Bonchev–Trinajstić information content (AvgIpc) is 3.44. The summed E-state index contributed by atoms with van der Waals surface area (Å²) in [6.07, 6.45) is 3.87. The molecule has 0 aliphatic carbocycles. The fraction of sp³-hybridized carbons (Fsp3) is 0.292. The summed E-state index contributed by atoms with van der Waals surface area (Å²) in [6.45, 7) is 3.66. The zero-order chi connectivity index (χ0) is 22.1. The van der Waals surface area contributed by atoms with Crippen molar-refractivity contribution < 1.29 is 4.79 Å². The van der Waals surface area contributed by atoms with Gasteiger partial charge in [-0.15, -0.1) is 0 Å². The summed E-state index contributed by atoms with van der Waals surface area (Å²) >= 11 is 0. The van der Waals surface area contributed by atoms with Crippen LogP contribution in [0.15, 0.2) is 54.7 Å². The number of nitrogens with one attached hydrogen (secondary N) is 1. The van der Waals surface area contributed by atoms with E-state index in [0.29, 0.717) is 23.1 Å². The zero-order valence-electron chi connectivity index (χ0n) is 17.9. The molecule has 1 saturated heterocycles. The highest BCUT2D eigenvalue weighted by Gasteiger charge is 2.19. The Morgan fingerprint density at radius 2 is 1.88 bits per heavy atom. The van der Waals surface area contributed by atoms with Crippen molar-refractivity contribution in [3.8, 4) is 22.8 Å². The third kappa shape index (κ3) is 4.02. The minimum Gasteiger partial charge on any atom is -0.366 e. The molecule has 4 aromatic rings. The number of aromatic nitrogens is 4. The maximum absolute atomic E-state index is 11.8. The highest BCUT2D eigenvalue weighted by Crippen LogP contribution is 2.29. The molecule has 1 fully saturated rings. The number of carbonyl (C=O) groups is 1. The molecule has 5 rings (SSSR count). The monoisotopic (exact) mass is 429 g/mol. The first kappa shape index (κ1) is 20.4. The number of likely N-dealkylation sites (tertiary alicyclic amines) is 1. The Morgan fingerprint density at radius 3 is 2.62 bits per heavy atom. The highest BCUT2D eigenvalue weighted by atomic mass is 16.1. The molecular formula is C24H27N7O. The van der Waals surface area contributed by atoms with E-state index in [1.165, 1.54) is 0 Å². The van der Waals surface area contributed by atoms with Crippen molar-refractivity contribution in [3.63, 3.8) is 0 Å². The summed E-state index contributed by atoms with van der Waals surface area (Å²) < 4.78 is 1.99. The SMILES string of the molecule is NC(=O)c1ccc2c(c1)c(-c1ncc(-c3ccccc3)[nH]1)nn2CCN1CCC(N)CC1. The topological polar surface area (TPSA) is 119 Å². The van der Waals surface area contributed by atoms with Crippen LogP contribution in [0.4, 0.5) is 0 Å². The van der Waals surface area contributed by atoms with Crippen LogP contribution in [0.25, 0.3) is 33.7 Å². The van der Waals surface area contributed by atoms with Gasteiger partial charge in [0.1, 0.15) is 5.69 Å². The van der Waals surface area contributed by atoms with Crippen LogP contribution in [0, 0.1) is 0 Å². The average molecular weight is 430 g/mol. The number of hydrogen-bond acceptors (Lipinski definition) is 5. The number of carbonyl (C=O) groups excluding carboxylic acids is 1. The van der Waals surface area contributed by atoms with E-state index in [0.717, 1.165) is 61.2 Å². The number of fused-ring (bicyclic) bond motifs is 1. The van der Waals surface area contributed by atoms with Gasteiger partial charge in [-0.1, -0.05) is 30.3 Å². The lowest BCUT2D eigenvalue weighted by Crippen LogP contribution is -2.41. The van der Waals surface area contributed by atoms with E-state index < -0.39 is 5.91 Å². The summed E-state index contributed by atoms with van der Waals surface area (Å²) in [4.78, 5) is 22.2. The van der Waals surface area contributed by atoms with E-state index in [1.54, 1.807) is 12.1 Å². The Morgan fingerprint density at radius 1 is 1.09 bits per heavy atom. The molecule has 2 aromatic heterocycles. The number of rotatable bonds is 6. The quantitative estimate of drug-likeness (QED) is 0.435. The maximum Gasteiger partial charge on any atom is 0.248 e. The van der Waals surface area contributed by atoms with Crippen LogP contribution < -0.4 is 11.5 Å². The molecule has 1 aliphatic heterocycles. The minimum atomic E-state index is -0.459. The van der Waals surface area contributed by atoms with Crippen LogP contribution in [-0.2, 0) is 6.54 Å². The van der Waals surface area contributed by atoms with Crippen LogP contribution in [-0.4, -0.2) is 56.2 Å². The summed E-state index contributed by atoms with van der Waals surface area (Å²) in [5, 5.41) is 5.74. The third-order valence-corrected chi connectivity index (χ3v) is 6.18. The van der Waals surface area contributed by atoms with Crippen molar-refractivity contribution in [2.24, 2.45) is 11.5 Å². The number of primary amides is 1. The number of imidazole rings is 1. The number of nitrogens with two attached hydrogens (primary N) is 2. The number of hydrogen-bond donors (Lipinski definition) is 3. The number of benzene rings is 2. The standard InChI is InChI=1S/C24H27N7O/c25-18-8-10-30(11-9-18)12-13-31-21-7-6-17(23(26)32)14-19(21)22(29-31)24-27-15-20(28-24)16-4-2-1-3-5-16/h1-7,14-15,18H,8-13,25H2,(H2,26,32)(H,27,28). The molecule has 0 spiro atoms. The summed E-state index contributed by atoms with van der Waals surface area (Å²) in [5.41, 5.74) is 15.7. The number of nitrogens with zero attached hydrogens (tertiary/aromatic N) is 4. The fourth-order valence-corrected chi connectivity index (χ4v) is 4.30. The van der Waals surface area contributed by atoms with Gasteiger partial charge in [0.2, 0.25) is 5.91 Å². The van der Waals surface area contributed by atoms with E-state index >= 15 is 0 Å². The van der Waals surface area contributed by atoms with Crippen LogP contribution >= 0.6 is 0 Å². The number of piperidine rings is 1. The second-order valence-corrected chi connectivity index (χ2v) is 8.36. The fourth-order valence-electron chi connectivity index (χ4n) is 4.30. The molecule has 3 heterocycles. The predicted molar refractivity (Wildman–Crippen MR) is 125 cm³/mol. The molecule has 0 bridgehead atoms. The normalized spacial score (nSPS) is 15.4. The van der Waals surface area contributed by atoms with Crippen molar-refractivity contribution in [1.29, 1.82) is 0 Å². The summed E-state index contributed by atoms with van der Waals surface area (Å²) in [6, 6.07) is 15.8. The number of amides is 1. The molecule has 1 aliphatic rings. The Labute approximate surface area is 186 Å². The lowest BCUT2D eigenvalue weighted by molar-refractivity contribution is 0.100. The van der Waals surface area contributed by atoms with E-state index in [4.69, 9.17) is 16.6 Å². The molecule has 8 heteroatoms. The van der Waals surface area contributed by atoms with Crippen molar-refractivity contribution in [1.82, 2.24) is 24.6 Å². The van der Waals surface area contributed by atoms with Crippen molar-refractivity contribution in [3.05, 3.63) is 60.3 Å². The molecule has 8 nitrogen and oxygen atoms in total. The Balaban J connectivity index is 1.49. The van der Waals surface area contributed by atoms with Gasteiger partial charge >= 0.3 is 0 Å². The van der Waals surface area contributed by atoms with Crippen molar-refractivity contribution >= 4 is 16.8 Å². The van der Waals surface area contributed by atoms with Gasteiger partial charge in [-0.05, 0) is 49.7 Å².